The lowest BCUT2D eigenvalue weighted by Gasteiger charge is -2.08. The van der Waals surface area contributed by atoms with Crippen molar-refractivity contribution in [3.63, 3.8) is 0 Å². The number of aryl methyl sites for hydroxylation is 1. The highest BCUT2D eigenvalue weighted by atomic mass is 16.5. The number of carbonyl (C=O) groups excluding carboxylic acids is 1. The summed E-state index contributed by atoms with van der Waals surface area (Å²) in [6, 6.07) is 11.5. The molecule has 3 N–H and O–H groups in total. The highest BCUT2D eigenvalue weighted by molar-refractivity contribution is 6.01. The summed E-state index contributed by atoms with van der Waals surface area (Å²) < 4.78 is 5.41. The first kappa shape index (κ1) is 16.4. The molecule has 0 radical (unpaired) electrons. The van der Waals surface area contributed by atoms with Crippen LogP contribution in [-0.2, 0) is 4.79 Å². The largest absolute Gasteiger partial charge is 0.508 e. The maximum atomic E-state index is 11.8. The van der Waals surface area contributed by atoms with E-state index in [-0.39, 0.29) is 18.1 Å². The van der Waals surface area contributed by atoms with Gasteiger partial charge in [-0.15, -0.1) is 0 Å². The minimum Gasteiger partial charge on any atom is -0.508 e. The van der Waals surface area contributed by atoms with Gasteiger partial charge in [0.25, 0.3) is 5.91 Å². The zero-order valence-electron chi connectivity index (χ0n) is 12.9. The maximum absolute atomic E-state index is 11.8. The first-order chi connectivity index (χ1) is 11.0. The number of phenols is 2. The highest BCUT2D eigenvalue weighted by Gasteiger charge is 2.07. The molecule has 2 aromatic rings. The van der Waals surface area contributed by atoms with Crippen molar-refractivity contribution in [3.05, 3.63) is 53.6 Å². The molecule has 0 heterocycles. The van der Waals surface area contributed by atoms with Crippen molar-refractivity contribution in [1.29, 1.82) is 0 Å². The second-order valence-electron chi connectivity index (χ2n) is 4.99. The van der Waals surface area contributed by atoms with Gasteiger partial charge in [0.05, 0.1) is 5.71 Å². The topological polar surface area (TPSA) is 91.2 Å². The van der Waals surface area contributed by atoms with Crippen LogP contribution in [0.15, 0.2) is 47.6 Å². The van der Waals surface area contributed by atoms with E-state index in [0.717, 1.165) is 5.56 Å². The molecule has 0 bridgehead atoms. The zero-order valence-corrected chi connectivity index (χ0v) is 12.9. The van der Waals surface area contributed by atoms with Gasteiger partial charge >= 0.3 is 0 Å². The summed E-state index contributed by atoms with van der Waals surface area (Å²) in [5, 5.41) is 22.9. The van der Waals surface area contributed by atoms with Crippen molar-refractivity contribution in [1.82, 2.24) is 5.43 Å². The smallest absolute Gasteiger partial charge is 0.277 e. The van der Waals surface area contributed by atoms with Crippen molar-refractivity contribution in [2.75, 3.05) is 6.61 Å². The third-order valence-corrected chi connectivity index (χ3v) is 3.17. The van der Waals surface area contributed by atoms with Crippen LogP contribution in [0.1, 0.15) is 18.1 Å². The zero-order chi connectivity index (χ0) is 16.8. The van der Waals surface area contributed by atoms with E-state index < -0.39 is 5.91 Å². The Morgan fingerprint density at radius 1 is 1.22 bits per heavy atom. The molecule has 6 heteroatoms. The van der Waals surface area contributed by atoms with Crippen molar-refractivity contribution < 1.29 is 19.7 Å². The molecule has 0 aliphatic heterocycles. The molecule has 0 aliphatic carbocycles. The van der Waals surface area contributed by atoms with Crippen molar-refractivity contribution in [3.8, 4) is 17.2 Å². The first-order valence-electron chi connectivity index (χ1n) is 7.01. The summed E-state index contributed by atoms with van der Waals surface area (Å²) in [6.45, 7) is 3.36. The number of nitrogens with zero attached hydrogens (tertiary/aromatic N) is 1. The molecule has 0 spiro atoms. The van der Waals surface area contributed by atoms with Gasteiger partial charge in [-0.05, 0) is 37.6 Å². The highest BCUT2D eigenvalue weighted by Crippen LogP contribution is 2.23. The Kier molecular flexibility index (Phi) is 5.19. The fourth-order valence-electron chi connectivity index (χ4n) is 1.93. The second-order valence-corrected chi connectivity index (χ2v) is 4.99. The Bertz CT molecular complexity index is 741. The van der Waals surface area contributed by atoms with Crippen LogP contribution in [0.2, 0.25) is 0 Å². The summed E-state index contributed by atoms with van der Waals surface area (Å²) in [7, 11) is 0. The maximum Gasteiger partial charge on any atom is 0.277 e. The third kappa shape index (κ3) is 4.47. The normalized spacial score (nSPS) is 11.1. The van der Waals surface area contributed by atoms with E-state index in [1.54, 1.807) is 13.0 Å². The number of aromatic hydroxyl groups is 2. The Labute approximate surface area is 134 Å². The van der Waals surface area contributed by atoms with E-state index in [0.29, 0.717) is 17.0 Å². The van der Waals surface area contributed by atoms with Crippen LogP contribution in [0, 0.1) is 6.92 Å². The number of hydrogen-bond donors (Lipinski definition) is 3. The Morgan fingerprint density at radius 2 is 1.96 bits per heavy atom. The second kappa shape index (κ2) is 7.31. The van der Waals surface area contributed by atoms with Crippen molar-refractivity contribution >= 4 is 11.6 Å². The Balaban J connectivity index is 1.94. The van der Waals surface area contributed by atoms with Crippen LogP contribution in [0.3, 0.4) is 0 Å². The summed E-state index contributed by atoms with van der Waals surface area (Å²) in [5.41, 5.74) is 4.13. The molecule has 1 amide bonds. The predicted octanol–water partition coefficient (Wildman–Crippen LogP) is 2.33. The molecular weight excluding hydrogens is 296 g/mol. The molecule has 6 nitrogen and oxygen atoms in total. The molecular formula is C17H18N2O4. The summed E-state index contributed by atoms with van der Waals surface area (Å²) in [6.07, 6.45) is 0. The SMILES string of the molecule is C/C(=N/NC(=O)COc1ccccc1C)c1ccc(O)cc1O. The van der Waals surface area contributed by atoms with E-state index in [9.17, 15) is 15.0 Å². The average molecular weight is 314 g/mol. The number of carbonyl (C=O) groups is 1. The van der Waals surface area contributed by atoms with Gasteiger partial charge in [-0.1, -0.05) is 18.2 Å². The van der Waals surface area contributed by atoms with Crippen molar-refractivity contribution in [2.24, 2.45) is 5.10 Å². The summed E-state index contributed by atoms with van der Waals surface area (Å²) in [4.78, 5) is 11.8. The van der Waals surface area contributed by atoms with Gasteiger partial charge in [0, 0.05) is 11.6 Å². The van der Waals surface area contributed by atoms with E-state index in [1.165, 1.54) is 18.2 Å². The van der Waals surface area contributed by atoms with Crippen molar-refractivity contribution in [2.45, 2.75) is 13.8 Å². The van der Waals surface area contributed by atoms with Gasteiger partial charge in [0.15, 0.2) is 6.61 Å². The van der Waals surface area contributed by atoms with Crippen LogP contribution in [0.5, 0.6) is 17.2 Å². The van der Waals surface area contributed by atoms with Gasteiger partial charge in [0.2, 0.25) is 0 Å². The fraction of sp³-hybridized carbons (Fsp3) is 0.176. The van der Waals surface area contributed by atoms with Gasteiger partial charge < -0.3 is 14.9 Å². The molecule has 0 saturated carbocycles. The van der Waals surface area contributed by atoms with Gasteiger partial charge in [0.1, 0.15) is 17.2 Å². The van der Waals surface area contributed by atoms with Crippen LogP contribution in [0.4, 0.5) is 0 Å². The third-order valence-electron chi connectivity index (χ3n) is 3.17. The lowest BCUT2D eigenvalue weighted by atomic mass is 10.1. The van der Waals surface area contributed by atoms with Crippen LogP contribution in [0.25, 0.3) is 0 Å². The minimum absolute atomic E-state index is 0.0466. The molecule has 0 fully saturated rings. The van der Waals surface area contributed by atoms with Crippen LogP contribution < -0.4 is 10.2 Å². The molecule has 0 saturated heterocycles. The lowest BCUT2D eigenvalue weighted by Crippen LogP contribution is -2.25. The Hall–Kier alpha value is -3.02. The molecule has 0 atom stereocenters. The molecule has 2 aromatic carbocycles. The number of phenolic OH excluding ortho intramolecular Hbond substituents is 2. The molecule has 2 rings (SSSR count). The minimum atomic E-state index is -0.411. The number of amides is 1. The van der Waals surface area contributed by atoms with Gasteiger partial charge in [-0.3, -0.25) is 4.79 Å². The predicted molar refractivity (Wildman–Crippen MR) is 86.8 cm³/mol. The monoisotopic (exact) mass is 314 g/mol. The number of ether oxygens (including phenoxy) is 1. The summed E-state index contributed by atoms with van der Waals surface area (Å²) >= 11 is 0. The van der Waals surface area contributed by atoms with E-state index in [2.05, 4.69) is 10.5 Å². The quantitative estimate of drug-likeness (QED) is 0.583. The molecule has 0 aromatic heterocycles. The fourth-order valence-corrected chi connectivity index (χ4v) is 1.93. The standard InChI is InChI=1S/C17H18N2O4/c1-11-5-3-4-6-16(11)23-10-17(22)19-18-12(2)14-8-7-13(20)9-15(14)21/h3-9,20-21H,10H2,1-2H3,(H,19,22)/b18-12-. The molecule has 0 aliphatic rings. The van der Waals surface area contributed by atoms with Gasteiger partial charge in [-0.25, -0.2) is 5.43 Å². The Morgan fingerprint density at radius 3 is 2.65 bits per heavy atom. The van der Waals surface area contributed by atoms with Gasteiger partial charge in [-0.2, -0.15) is 5.10 Å². The van der Waals surface area contributed by atoms with Crippen LogP contribution >= 0.6 is 0 Å². The summed E-state index contributed by atoms with van der Waals surface area (Å²) in [5.74, 6) is 0.0665. The number of para-hydroxylation sites is 1. The number of benzene rings is 2. The van der Waals surface area contributed by atoms with E-state index in [4.69, 9.17) is 4.74 Å². The number of hydrazone groups is 1. The van der Waals surface area contributed by atoms with Crippen LogP contribution in [-0.4, -0.2) is 28.4 Å². The average Bonchev–Trinajstić information content (AvgIpc) is 2.52. The van der Waals surface area contributed by atoms with E-state index in [1.807, 2.05) is 25.1 Å². The first-order valence-corrected chi connectivity index (χ1v) is 7.01. The lowest BCUT2D eigenvalue weighted by molar-refractivity contribution is -0.123. The number of nitrogens with one attached hydrogen (secondary N) is 1. The van der Waals surface area contributed by atoms with E-state index >= 15 is 0 Å². The molecule has 0 unspecified atom stereocenters. The molecule has 23 heavy (non-hydrogen) atoms. The number of rotatable bonds is 5. The molecule has 120 valence electrons. The number of hydrogen-bond acceptors (Lipinski definition) is 5.